The summed E-state index contributed by atoms with van der Waals surface area (Å²) in [5, 5.41) is 0. The van der Waals surface area contributed by atoms with Crippen LogP contribution in [0.15, 0.2) is 117 Å². The molecule has 4 aromatic rings. The molecule has 0 heterocycles. The molecule has 0 bridgehead atoms. The molecule has 248 valence electrons. The second-order valence-corrected chi connectivity index (χ2v) is 14.7. The van der Waals surface area contributed by atoms with Gasteiger partial charge in [0.1, 0.15) is 21.0 Å². The van der Waals surface area contributed by atoms with Crippen LogP contribution in [0.3, 0.4) is 0 Å². The Bertz CT molecular complexity index is 1500. The van der Waals surface area contributed by atoms with Crippen molar-refractivity contribution in [1.82, 2.24) is 0 Å². The minimum atomic E-state index is -4.35. The van der Waals surface area contributed by atoms with Crippen LogP contribution in [0.25, 0.3) is 0 Å². The molecular weight excluding hydrogens is 613 g/mol. The highest BCUT2D eigenvalue weighted by Crippen LogP contribution is 2.40. The number of unbranched alkanes of at least 4 members (excludes halogenated alkanes) is 9. The van der Waals surface area contributed by atoms with Gasteiger partial charge in [-0.2, -0.15) is 0 Å². The minimum absolute atomic E-state index is 0.0501. The number of methoxy groups -OCH3 is 2. The molecule has 0 radical (unpaired) electrons. The fraction of sp³-hybridized carbons (Fsp3) is 0.385. The largest absolute Gasteiger partial charge is 0.744 e. The highest BCUT2D eigenvalue weighted by atomic mass is 32.2. The van der Waals surface area contributed by atoms with E-state index in [1.165, 1.54) is 67.9 Å². The topological polar surface area (TPSA) is 75.7 Å². The molecule has 0 aliphatic rings. The Hall–Kier alpha value is -3.26. The number of rotatable bonds is 17. The Kier molecular flexibility index (Phi) is 16.2. The lowest BCUT2D eigenvalue weighted by Crippen LogP contribution is -2.08. The van der Waals surface area contributed by atoms with E-state index in [1.54, 1.807) is 32.4 Å². The molecule has 0 aliphatic heterocycles. The van der Waals surface area contributed by atoms with Gasteiger partial charge >= 0.3 is 0 Å². The van der Waals surface area contributed by atoms with Crippen molar-refractivity contribution in [3.05, 3.63) is 108 Å². The van der Waals surface area contributed by atoms with Crippen LogP contribution in [0.5, 0.6) is 11.5 Å². The number of para-hydroxylation sites is 2. The van der Waals surface area contributed by atoms with Crippen molar-refractivity contribution >= 4 is 21.0 Å². The molecule has 0 unspecified atom stereocenters. The van der Waals surface area contributed by atoms with E-state index in [9.17, 15) is 13.0 Å². The number of aryl methyl sites for hydroxylation is 2. The van der Waals surface area contributed by atoms with E-state index in [0.29, 0.717) is 12.0 Å². The molecule has 0 atom stereocenters. The summed E-state index contributed by atoms with van der Waals surface area (Å²) in [5.41, 5.74) is 1.92. The van der Waals surface area contributed by atoms with Crippen molar-refractivity contribution in [2.45, 2.75) is 104 Å². The SMILES string of the molecule is CCCCCCCCCCCCc1ccccc1S(=O)(=O)[O-].COc1ccccc1[S+](c1ccc(C)cc1)c1ccccc1OC. The molecule has 46 heavy (non-hydrogen) atoms. The lowest BCUT2D eigenvalue weighted by molar-refractivity contribution is 0.402. The quantitative estimate of drug-likeness (QED) is 0.0639. The van der Waals surface area contributed by atoms with Crippen LogP contribution in [-0.2, 0) is 27.4 Å². The summed E-state index contributed by atoms with van der Waals surface area (Å²) in [6, 6.07) is 31.7. The van der Waals surface area contributed by atoms with E-state index >= 15 is 0 Å². The predicted octanol–water partition coefficient (Wildman–Crippen LogP) is 10.2. The summed E-state index contributed by atoms with van der Waals surface area (Å²) in [6.45, 7) is 4.34. The second kappa shape index (κ2) is 20.1. The summed E-state index contributed by atoms with van der Waals surface area (Å²) >= 11 is 0. The van der Waals surface area contributed by atoms with Crippen LogP contribution in [0.2, 0.25) is 0 Å². The first kappa shape index (κ1) is 37.2. The first-order valence-electron chi connectivity index (χ1n) is 16.4. The molecule has 0 aromatic heterocycles. The number of ether oxygens (including phenoxy) is 2. The Balaban J connectivity index is 0.000000252. The lowest BCUT2D eigenvalue weighted by atomic mass is 10.0. The Labute approximate surface area is 280 Å². The lowest BCUT2D eigenvalue weighted by Gasteiger charge is -2.13. The standard InChI is InChI=1S/C21H21O2S.C18H30O3S/c1-16-12-14-17(15-13-16)24(20-10-6-4-8-18(20)22-2)21-11-7-5-9-19(21)23-3;1-2-3-4-5-6-7-8-9-10-11-14-17-15-12-13-16-18(17)22(19,20)21/h4-15H,1-3H3;12-13,15-16H,2-11,14H2,1H3,(H,19,20,21)/q+1;/p-1. The van der Waals surface area contributed by atoms with Gasteiger partial charge in [-0.25, -0.2) is 8.42 Å². The van der Waals surface area contributed by atoms with Crippen LogP contribution in [0.1, 0.15) is 82.3 Å². The fourth-order valence-corrected chi connectivity index (χ4v) is 8.40. The fourth-order valence-electron chi connectivity index (χ4n) is 5.38. The highest BCUT2D eigenvalue weighted by Gasteiger charge is 2.34. The van der Waals surface area contributed by atoms with Crippen molar-refractivity contribution in [1.29, 1.82) is 0 Å². The van der Waals surface area contributed by atoms with Gasteiger partial charge in [0.25, 0.3) is 0 Å². The molecule has 0 N–H and O–H groups in total. The van der Waals surface area contributed by atoms with Crippen LogP contribution in [0, 0.1) is 6.92 Å². The van der Waals surface area contributed by atoms with Gasteiger partial charge < -0.3 is 14.0 Å². The predicted molar refractivity (Wildman–Crippen MR) is 189 cm³/mol. The average molecular weight is 663 g/mol. The van der Waals surface area contributed by atoms with Crippen molar-refractivity contribution in [2.24, 2.45) is 0 Å². The summed E-state index contributed by atoms with van der Waals surface area (Å²) in [5.74, 6) is 1.79. The molecule has 0 saturated heterocycles. The molecule has 0 fully saturated rings. The first-order valence-corrected chi connectivity index (χ1v) is 19.0. The molecular formula is C39H50O5S2. The Morgan fingerprint density at radius 3 is 1.57 bits per heavy atom. The van der Waals surface area contributed by atoms with Crippen LogP contribution in [-0.4, -0.2) is 27.2 Å². The summed E-state index contributed by atoms with van der Waals surface area (Å²) in [7, 11) is -1.20. The minimum Gasteiger partial charge on any atom is -0.744 e. The van der Waals surface area contributed by atoms with Gasteiger partial charge in [0, 0.05) is 0 Å². The normalized spacial score (nSPS) is 11.2. The third kappa shape index (κ3) is 11.8. The zero-order valence-electron chi connectivity index (χ0n) is 27.9. The van der Waals surface area contributed by atoms with Gasteiger partial charge in [0.05, 0.1) is 19.1 Å². The van der Waals surface area contributed by atoms with Gasteiger partial charge in [-0.05, 0) is 67.8 Å². The van der Waals surface area contributed by atoms with E-state index < -0.39 is 10.1 Å². The highest BCUT2D eigenvalue weighted by molar-refractivity contribution is 7.97. The molecule has 0 spiro atoms. The van der Waals surface area contributed by atoms with E-state index in [-0.39, 0.29) is 15.8 Å². The van der Waals surface area contributed by atoms with Crippen LogP contribution < -0.4 is 9.47 Å². The van der Waals surface area contributed by atoms with Crippen molar-refractivity contribution < 1.29 is 22.4 Å². The smallest absolute Gasteiger partial charge is 0.208 e. The van der Waals surface area contributed by atoms with Crippen molar-refractivity contribution in [3.63, 3.8) is 0 Å². The van der Waals surface area contributed by atoms with Crippen molar-refractivity contribution in [2.75, 3.05) is 14.2 Å². The molecule has 5 nitrogen and oxygen atoms in total. The zero-order valence-corrected chi connectivity index (χ0v) is 29.5. The second-order valence-electron chi connectivity index (χ2n) is 11.4. The van der Waals surface area contributed by atoms with Gasteiger partial charge in [0.2, 0.25) is 9.79 Å². The average Bonchev–Trinajstić information content (AvgIpc) is 3.07. The number of hydrogen-bond acceptors (Lipinski definition) is 5. The summed E-state index contributed by atoms with van der Waals surface area (Å²) in [4.78, 5) is 3.52. The molecule has 4 rings (SSSR count). The molecule has 4 aromatic carbocycles. The monoisotopic (exact) mass is 662 g/mol. The number of benzene rings is 4. The summed E-state index contributed by atoms with van der Waals surface area (Å²) in [6.07, 6.45) is 13.2. The van der Waals surface area contributed by atoms with Crippen LogP contribution >= 0.6 is 0 Å². The van der Waals surface area contributed by atoms with Gasteiger partial charge in [-0.15, -0.1) is 0 Å². The van der Waals surface area contributed by atoms with Gasteiger partial charge in [-0.1, -0.05) is 125 Å². The van der Waals surface area contributed by atoms with E-state index in [4.69, 9.17) is 9.47 Å². The Morgan fingerprint density at radius 1 is 0.609 bits per heavy atom. The van der Waals surface area contributed by atoms with E-state index in [0.717, 1.165) is 34.1 Å². The van der Waals surface area contributed by atoms with Crippen LogP contribution in [0.4, 0.5) is 0 Å². The molecule has 0 saturated carbocycles. The van der Waals surface area contributed by atoms with Crippen molar-refractivity contribution in [3.8, 4) is 11.5 Å². The Morgan fingerprint density at radius 2 is 1.07 bits per heavy atom. The third-order valence-electron chi connectivity index (χ3n) is 7.88. The number of hydrogen-bond donors (Lipinski definition) is 0. The maximum Gasteiger partial charge on any atom is 0.208 e. The third-order valence-corrected chi connectivity index (χ3v) is 11.1. The first-order chi connectivity index (χ1) is 22.3. The maximum atomic E-state index is 11.2. The molecule has 0 aliphatic carbocycles. The van der Waals surface area contributed by atoms with Gasteiger partial charge in [0.15, 0.2) is 16.4 Å². The van der Waals surface area contributed by atoms with Gasteiger partial charge in [-0.3, -0.25) is 0 Å². The van der Waals surface area contributed by atoms with E-state index in [1.807, 2.05) is 24.3 Å². The molecule has 0 amide bonds. The molecule has 7 heteroatoms. The summed E-state index contributed by atoms with van der Waals surface area (Å²) < 4.78 is 44.8. The maximum absolute atomic E-state index is 11.2. The van der Waals surface area contributed by atoms with E-state index in [2.05, 4.69) is 62.4 Å². The zero-order chi connectivity index (χ0) is 33.2.